The Morgan fingerprint density at radius 1 is 0.642 bits per heavy atom. The molecule has 12 rings (SSSR count). The Bertz CT molecular complexity index is 2770. The predicted molar refractivity (Wildman–Crippen MR) is 220 cm³/mol. The van der Waals surface area contributed by atoms with Crippen LogP contribution in [0.15, 0.2) is 174 Å². The van der Waals surface area contributed by atoms with E-state index in [1.165, 1.54) is 66.1 Å². The first kappa shape index (κ1) is 29.9. The molecule has 2 heterocycles. The number of rotatable bonds is 3. The highest BCUT2D eigenvalue weighted by molar-refractivity contribution is 8.00. The zero-order valence-corrected chi connectivity index (χ0v) is 30.1. The molecule has 0 fully saturated rings. The molecule has 6 aromatic rings. The molecule has 1 aromatic heterocycles. The zero-order valence-electron chi connectivity index (χ0n) is 29.3. The molecular formula is C50H36N2S. The van der Waals surface area contributed by atoms with E-state index in [0.717, 1.165) is 53.8 Å². The van der Waals surface area contributed by atoms with Gasteiger partial charge >= 0.3 is 0 Å². The van der Waals surface area contributed by atoms with E-state index in [9.17, 15) is 0 Å². The number of nitrogens with zero attached hydrogens (tertiary/aromatic N) is 2. The van der Waals surface area contributed by atoms with Gasteiger partial charge in [0.25, 0.3) is 0 Å². The van der Waals surface area contributed by atoms with Gasteiger partial charge in [-0.05, 0) is 117 Å². The highest BCUT2D eigenvalue weighted by Gasteiger charge is 2.53. The second-order valence-corrected chi connectivity index (χ2v) is 16.3. The molecule has 0 radical (unpaired) electrons. The van der Waals surface area contributed by atoms with Gasteiger partial charge in [-0.25, -0.2) is 4.98 Å². The van der Waals surface area contributed by atoms with Crippen molar-refractivity contribution in [1.29, 1.82) is 0 Å². The summed E-state index contributed by atoms with van der Waals surface area (Å²) in [7, 11) is 0. The Kier molecular flexibility index (Phi) is 6.31. The normalized spacial score (nSPS) is 22.7. The monoisotopic (exact) mass is 696 g/mol. The molecule has 1 aliphatic heterocycles. The average Bonchev–Trinajstić information content (AvgIpc) is 3.96. The smallest absolute Gasteiger partial charge is 0.145 e. The minimum Gasteiger partial charge on any atom is -0.292 e. The van der Waals surface area contributed by atoms with Crippen molar-refractivity contribution >= 4 is 33.9 Å². The lowest BCUT2D eigenvalue weighted by molar-refractivity contribution is 0.767. The van der Waals surface area contributed by atoms with Crippen LogP contribution in [0.4, 0.5) is 0 Å². The van der Waals surface area contributed by atoms with Crippen molar-refractivity contribution in [1.82, 2.24) is 9.55 Å². The van der Waals surface area contributed by atoms with Crippen LogP contribution in [0, 0.1) is 0 Å². The maximum absolute atomic E-state index is 5.38. The lowest BCUT2D eigenvalue weighted by Gasteiger charge is -2.34. The molecule has 6 aliphatic rings. The summed E-state index contributed by atoms with van der Waals surface area (Å²) in [5.41, 5.74) is 19.8. The first-order valence-electron chi connectivity index (χ1n) is 19.1. The molecule has 0 amide bonds. The van der Waals surface area contributed by atoms with Crippen molar-refractivity contribution in [2.24, 2.45) is 0 Å². The molecule has 3 atom stereocenters. The molecule has 0 saturated carbocycles. The third-order valence-corrected chi connectivity index (χ3v) is 13.9. The molecule has 3 heteroatoms. The standard InChI is InChI=1S/C50H36N2S/c1-5-21-41-35(15-1)36-16-2-6-22-42(36)50(41)43-23-7-3-17-37(43)38-28-27-33(30-44(38)50)52-46-25-9-8-24-45(46)51-49(52)32-14-11-13-31(29-32)34-19-12-20-40-39-18-4-10-26-47(39)53-48(34)40/h1,4-15,18-30,39,47H,2-3,16-17H2. The van der Waals surface area contributed by atoms with Gasteiger partial charge in [0.05, 0.1) is 16.4 Å². The van der Waals surface area contributed by atoms with Crippen molar-refractivity contribution in [2.75, 3.05) is 0 Å². The van der Waals surface area contributed by atoms with Gasteiger partial charge in [0.15, 0.2) is 0 Å². The lowest BCUT2D eigenvalue weighted by atomic mass is 9.67. The number of hydrogen-bond donors (Lipinski definition) is 0. The van der Waals surface area contributed by atoms with Gasteiger partial charge in [-0.1, -0.05) is 127 Å². The fourth-order valence-electron chi connectivity index (χ4n) is 10.4. The summed E-state index contributed by atoms with van der Waals surface area (Å²) >= 11 is 2.00. The average molecular weight is 697 g/mol. The maximum atomic E-state index is 5.38. The molecule has 0 saturated heterocycles. The van der Waals surface area contributed by atoms with E-state index in [1.54, 1.807) is 0 Å². The van der Waals surface area contributed by atoms with Crippen LogP contribution in [0.2, 0.25) is 0 Å². The number of para-hydroxylation sites is 2. The van der Waals surface area contributed by atoms with Gasteiger partial charge in [0.1, 0.15) is 5.82 Å². The van der Waals surface area contributed by atoms with Gasteiger partial charge in [0, 0.05) is 27.3 Å². The fourth-order valence-corrected chi connectivity index (χ4v) is 11.9. The van der Waals surface area contributed by atoms with Gasteiger partial charge in [-0.3, -0.25) is 4.57 Å². The molecule has 53 heavy (non-hydrogen) atoms. The lowest BCUT2D eigenvalue weighted by Crippen LogP contribution is -2.28. The van der Waals surface area contributed by atoms with E-state index in [-0.39, 0.29) is 5.41 Å². The van der Waals surface area contributed by atoms with Crippen LogP contribution in [-0.2, 0) is 5.41 Å². The molecule has 1 spiro atoms. The molecule has 252 valence electrons. The number of benzene rings is 5. The van der Waals surface area contributed by atoms with E-state index in [0.29, 0.717) is 11.2 Å². The third kappa shape index (κ3) is 4.04. The summed E-state index contributed by atoms with van der Waals surface area (Å²) in [6.07, 6.45) is 23.2. The Labute approximate surface area is 314 Å². The SMILES string of the molecule is C1=CC2Sc3c(-c4cccc(-c5nc6ccccc6n5-c5ccc6c(c5)C5(C7=C(CCC=C7)c7ccccc75)C5=C6CCC=C5)c4)cccc3C2C=C1. The summed E-state index contributed by atoms with van der Waals surface area (Å²) < 4.78 is 2.41. The number of thioether (sulfide) groups is 1. The van der Waals surface area contributed by atoms with Gasteiger partial charge in [-0.2, -0.15) is 0 Å². The van der Waals surface area contributed by atoms with Crippen LogP contribution in [0.5, 0.6) is 0 Å². The fraction of sp³-hybridized carbons (Fsp3) is 0.140. The van der Waals surface area contributed by atoms with Crippen molar-refractivity contribution < 1.29 is 0 Å². The molecule has 0 bridgehead atoms. The van der Waals surface area contributed by atoms with E-state index in [1.807, 2.05) is 11.8 Å². The summed E-state index contributed by atoms with van der Waals surface area (Å²) in [5.74, 6) is 1.41. The highest BCUT2D eigenvalue weighted by atomic mass is 32.2. The van der Waals surface area contributed by atoms with E-state index in [4.69, 9.17) is 4.98 Å². The van der Waals surface area contributed by atoms with E-state index < -0.39 is 0 Å². The number of allylic oxidation sites excluding steroid dienone is 11. The number of imidazole rings is 1. The van der Waals surface area contributed by atoms with Crippen molar-refractivity contribution in [3.63, 3.8) is 0 Å². The van der Waals surface area contributed by atoms with Crippen molar-refractivity contribution in [3.05, 3.63) is 197 Å². The molecule has 2 nitrogen and oxygen atoms in total. The van der Waals surface area contributed by atoms with Crippen LogP contribution in [0.1, 0.15) is 59.4 Å². The molecule has 3 unspecified atom stereocenters. The first-order valence-corrected chi connectivity index (χ1v) is 20.0. The largest absolute Gasteiger partial charge is 0.292 e. The van der Waals surface area contributed by atoms with Crippen LogP contribution in [-0.4, -0.2) is 14.8 Å². The second kappa shape index (κ2) is 11.2. The van der Waals surface area contributed by atoms with Crippen LogP contribution >= 0.6 is 11.8 Å². The topological polar surface area (TPSA) is 17.8 Å². The van der Waals surface area contributed by atoms with E-state index >= 15 is 0 Å². The summed E-state index contributed by atoms with van der Waals surface area (Å²) in [6, 6.07) is 41.1. The minimum atomic E-state index is -0.302. The Morgan fingerprint density at radius 2 is 1.38 bits per heavy atom. The maximum Gasteiger partial charge on any atom is 0.145 e. The van der Waals surface area contributed by atoms with Crippen molar-refractivity contribution in [3.8, 4) is 28.2 Å². The Balaban J connectivity index is 1.06. The summed E-state index contributed by atoms with van der Waals surface area (Å²) in [6.45, 7) is 0. The van der Waals surface area contributed by atoms with Gasteiger partial charge < -0.3 is 0 Å². The Hall–Kier alpha value is -5.64. The van der Waals surface area contributed by atoms with Crippen LogP contribution < -0.4 is 0 Å². The molecule has 5 aliphatic carbocycles. The predicted octanol–water partition coefficient (Wildman–Crippen LogP) is 12.6. The van der Waals surface area contributed by atoms with Crippen LogP contribution in [0.3, 0.4) is 0 Å². The highest BCUT2D eigenvalue weighted by Crippen LogP contribution is 2.64. The van der Waals surface area contributed by atoms with Gasteiger partial charge in [-0.15, -0.1) is 11.8 Å². The van der Waals surface area contributed by atoms with E-state index in [2.05, 4.69) is 162 Å². The zero-order chi connectivity index (χ0) is 34.7. The first-order chi connectivity index (χ1) is 26.3. The number of hydrogen-bond acceptors (Lipinski definition) is 2. The molecule has 0 N–H and O–H groups in total. The quantitative estimate of drug-likeness (QED) is 0.183. The third-order valence-electron chi connectivity index (χ3n) is 12.5. The molecular weight excluding hydrogens is 661 g/mol. The summed E-state index contributed by atoms with van der Waals surface area (Å²) in [4.78, 5) is 6.78. The second-order valence-electron chi connectivity index (χ2n) is 15.1. The van der Waals surface area contributed by atoms with Crippen molar-refractivity contribution in [2.45, 2.75) is 47.2 Å². The Morgan fingerprint density at radius 3 is 2.26 bits per heavy atom. The van der Waals surface area contributed by atoms with Gasteiger partial charge in [0.2, 0.25) is 0 Å². The molecule has 5 aromatic carbocycles. The summed E-state index contributed by atoms with van der Waals surface area (Å²) in [5, 5.41) is 0.463. The number of aromatic nitrogens is 2. The minimum absolute atomic E-state index is 0.302. The van der Waals surface area contributed by atoms with Crippen LogP contribution in [0.25, 0.3) is 50.4 Å². The number of fused-ring (bicyclic) bond motifs is 12.